The lowest BCUT2D eigenvalue weighted by Gasteiger charge is -2.14. The van der Waals surface area contributed by atoms with Gasteiger partial charge in [-0.15, -0.1) is 0 Å². The molecular weight excluding hydrogens is 1870 g/mol. The van der Waals surface area contributed by atoms with Crippen LogP contribution in [-0.2, 0) is 0 Å². The summed E-state index contributed by atoms with van der Waals surface area (Å²) < 4.78 is 23.7. The summed E-state index contributed by atoms with van der Waals surface area (Å²) in [6, 6.07) is 86.9. The van der Waals surface area contributed by atoms with Crippen molar-refractivity contribution in [2.45, 2.75) is 130 Å². The number of nitrogens with zero attached hydrogens (tertiary/aromatic N) is 12. The summed E-state index contributed by atoms with van der Waals surface area (Å²) in [5, 5.41) is 142. The molecule has 21 rings (SSSR count). The van der Waals surface area contributed by atoms with Crippen molar-refractivity contribution in [3.63, 3.8) is 0 Å². The number of benzene rings is 17. The minimum atomic E-state index is -0.349. The summed E-state index contributed by atoms with van der Waals surface area (Å²) >= 11 is 0. The quantitative estimate of drug-likeness (QED) is 0.0106. The van der Waals surface area contributed by atoms with E-state index < -0.39 is 0 Å². The minimum Gasteiger partial charge on any atom is -0.508 e. The number of fused-ring (bicyclic) bond motifs is 12. The third-order valence-electron chi connectivity index (χ3n) is 25.6. The largest absolute Gasteiger partial charge is 0.508 e. The van der Waals surface area contributed by atoms with Crippen LogP contribution < -0.4 is 18.9 Å². The van der Waals surface area contributed by atoms with Gasteiger partial charge in [0.25, 0.3) is 0 Å². The molecular formula is C120H110N12O16. The molecule has 0 fully saturated rings. The number of aromatic nitrogens is 12. The molecule has 17 aromatic carbocycles. The molecule has 0 aliphatic carbocycles. The van der Waals surface area contributed by atoms with Crippen LogP contribution in [0.15, 0.2) is 279 Å². The van der Waals surface area contributed by atoms with E-state index in [1.165, 1.54) is 0 Å². The number of hydrogen-bond donors (Lipinski definition) is 12. The molecule has 0 bridgehead atoms. The van der Waals surface area contributed by atoms with Gasteiger partial charge in [0.2, 0.25) is 0 Å². The van der Waals surface area contributed by atoms with Crippen LogP contribution in [0, 0.1) is 0 Å². The van der Waals surface area contributed by atoms with E-state index >= 15 is 0 Å². The Hall–Kier alpha value is -18.1. The van der Waals surface area contributed by atoms with E-state index in [4.69, 9.17) is 28.9 Å². The fourth-order valence-electron chi connectivity index (χ4n) is 18.3. The van der Waals surface area contributed by atoms with E-state index in [-0.39, 0.29) is 139 Å². The summed E-state index contributed by atoms with van der Waals surface area (Å²) in [7, 11) is 0. The van der Waals surface area contributed by atoms with Gasteiger partial charge in [0.1, 0.15) is 91.2 Å². The van der Waals surface area contributed by atoms with Gasteiger partial charge >= 0.3 is 24.0 Å². The molecule has 148 heavy (non-hydrogen) atoms. The van der Waals surface area contributed by atoms with Crippen molar-refractivity contribution >= 4 is 97.0 Å². The number of hydrogen-bond acceptors (Lipinski definition) is 28. The maximum absolute atomic E-state index is 10.6. The van der Waals surface area contributed by atoms with Crippen molar-refractivity contribution in [1.82, 2.24) is 59.8 Å². The average Bonchev–Trinajstić information content (AvgIpc) is 0.737. The minimum absolute atomic E-state index is 0.000865. The van der Waals surface area contributed by atoms with Gasteiger partial charge in [-0.05, 0) is 159 Å². The van der Waals surface area contributed by atoms with E-state index in [0.717, 1.165) is 270 Å². The summed E-state index contributed by atoms with van der Waals surface area (Å²) in [5.41, 5.74) is 3.09. The summed E-state index contributed by atoms with van der Waals surface area (Å²) in [6.45, 7) is 10.3. The third-order valence-corrected chi connectivity index (χ3v) is 25.6. The number of ether oxygens (including phenoxy) is 4. The van der Waals surface area contributed by atoms with Gasteiger partial charge in [-0.2, -0.15) is 39.9 Å². The van der Waals surface area contributed by atoms with Crippen molar-refractivity contribution in [3.05, 3.63) is 279 Å². The first kappa shape index (κ1) is 100. The van der Waals surface area contributed by atoms with Crippen molar-refractivity contribution in [3.8, 4) is 184 Å². The first-order valence-electron chi connectivity index (χ1n) is 49.8. The van der Waals surface area contributed by atoms with Crippen LogP contribution >= 0.6 is 0 Å². The lowest BCUT2D eigenvalue weighted by Crippen LogP contribution is -2.06. The van der Waals surface area contributed by atoms with Gasteiger partial charge in [0, 0.05) is 70.8 Å². The van der Waals surface area contributed by atoms with Crippen LogP contribution in [0.3, 0.4) is 0 Å². The summed E-state index contributed by atoms with van der Waals surface area (Å²) in [4.78, 5) is 54.7. The molecule has 0 aliphatic rings. The highest BCUT2D eigenvalue weighted by Gasteiger charge is 2.28. The molecule has 0 saturated carbocycles. The Morgan fingerprint density at radius 2 is 0.432 bits per heavy atom. The topological polar surface area (TPSA) is 434 Å². The molecule has 0 atom stereocenters. The smallest absolute Gasteiger partial charge is 0.320 e. The predicted molar refractivity (Wildman–Crippen MR) is 579 cm³/mol. The fraction of sp³-hybridized carbons (Fsp3) is 0.200. The van der Waals surface area contributed by atoms with E-state index in [1.54, 1.807) is 0 Å². The molecule has 28 nitrogen and oxygen atoms in total. The Balaban J connectivity index is 0.000000129. The number of unbranched alkanes of at least 4 members (excludes halogenated alkanes) is 12. The second-order valence-corrected chi connectivity index (χ2v) is 36.1. The van der Waals surface area contributed by atoms with Crippen LogP contribution in [0.1, 0.15) is 130 Å². The highest BCUT2D eigenvalue weighted by Crippen LogP contribution is 2.48. The Morgan fingerprint density at radius 3 is 0.818 bits per heavy atom. The lowest BCUT2D eigenvalue weighted by molar-refractivity contribution is 0.281. The van der Waals surface area contributed by atoms with Crippen LogP contribution in [0.5, 0.6) is 93.0 Å². The van der Waals surface area contributed by atoms with Crippen LogP contribution in [0.25, 0.3) is 188 Å². The second-order valence-electron chi connectivity index (χ2n) is 36.1. The highest BCUT2D eigenvalue weighted by atomic mass is 16.5. The average molecular weight is 1980 g/mol. The van der Waals surface area contributed by atoms with Gasteiger partial charge in [0.15, 0.2) is 46.6 Å². The second kappa shape index (κ2) is 46.1. The normalized spacial score (nSPS) is 11.3. The molecule has 21 aromatic rings. The van der Waals surface area contributed by atoms with Gasteiger partial charge in [-0.3, -0.25) is 0 Å². The van der Waals surface area contributed by atoms with Crippen molar-refractivity contribution in [2.75, 3.05) is 26.4 Å². The summed E-state index contributed by atoms with van der Waals surface area (Å²) in [5.74, 6) is -2.21. The Labute approximate surface area is 852 Å². The molecule has 28 heteroatoms. The van der Waals surface area contributed by atoms with Crippen LogP contribution in [0.4, 0.5) is 0 Å². The molecule has 0 radical (unpaired) electrons. The SMILES string of the molecule is CCCCCCOc1nc(-c2c(O)cc(O)cc2O)nc(-c2c3ccccc3cc3ccccc23)n1.CCCCCCOc1nc(-c2c(O)cc(O)cc2O)nc(-c2cc3c4ccccc4ccc3c3ccccc23)n1.CCCCCCOc1nc(-c2c(O)cc(O)cc2O)nc(-c2cc3ccccc3c3ccccc23)n1.CCCCCCOc1nc(-c2ccc3cc4ccccc4cc3c2)nc(-c2c(O)cc(O)cc2O)n1. The van der Waals surface area contributed by atoms with Crippen LogP contribution in [-0.4, -0.2) is 148 Å². The van der Waals surface area contributed by atoms with E-state index in [0.29, 0.717) is 49.7 Å². The standard InChI is InChI=1S/C33H29N3O4.3C29H27N3O4/c1-2-3-4-9-16-40-33-35-31(34-32(36-33)30-28(38)17-21(37)18-29(30)39)27-19-26-22-11-6-5-10-20(22)14-15-25(26)23-12-7-8-13-24(23)27;1-2-3-4-9-14-36-29-31-27(30-28(32-29)26-23(34)16-20(33)17-24(26)35)25-21-12-7-5-10-18(21)15-19-11-6-8-13-22(19)25;1-2-3-4-9-14-36-29-31-27(30-28(32-29)26-24(34)16-19(33)17-25(26)35)23-15-18-10-5-6-11-20(18)21-12-7-8-13-22(21)23;1-2-3-4-7-12-36-29-31-27(30-28(32-29)26-24(34)16-23(33)17-25(26)35)21-11-10-20-13-18-8-5-6-9-19(18)14-22(20)15-21/h5-8,10-15,17-19,37-39H,2-4,9,16H2,1H3;2*5-8,10-13,15-17,33-35H,2-4,9,14H2,1H3;5-6,8-11,13-17,33-35H,2-4,7,12H2,1H3. The van der Waals surface area contributed by atoms with Crippen molar-refractivity contribution in [1.29, 1.82) is 0 Å². The number of phenols is 12. The first-order valence-corrected chi connectivity index (χ1v) is 49.8. The predicted octanol–water partition coefficient (Wildman–Crippen LogP) is 27.5. The Morgan fingerprint density at radius 1 is 0.176 bits per heavy atom. The molecule has 746 valence electrons. The maximum atomic E-state index is 10.6. The van der Waals surface area contributed by atoms with Gasteiger partial charge in [0.05, 0.1) is 26.4 Å². The molecule has 4 aromatic heterocycles. The Kier molecular flexibility index (Phi) is 31.2. The zero-order chi connectivity index (χ0) is 103. The van der Waals surface area contributed by atoms with Crippen LogP contribution in [0.2, 0.25) is 0 Å². The number of aromatic hydroxyl groups is 12. The molecule has 0 aliphatic heterocycles. The maximum Gasteiger partial charge on any atom is 0.320 e. The zero-order valence-electron chi connectivity index (χ0n) is 82.1. The molecule has 0 unspecified atom stereocenters. The van der Waals surface area contributed by atoms with Gasteiger partial charge < -0.3 is 80.2 Å². The van der Waals surface area contributed by atoms with E-state index in [1.807, 2.05) is 152 Å². The monoisotopic (exact) mass is 1970 g/mol. The Bertz CT molecular complexity index is 8310. The molecule has 0 saturated heterocycles. The van der Waals surface area contributed by atoms with Gasteiger partial charge in [-0.1, -0.05) is 299 Å². The highest BCUT2D eigenvalue weighted by molar-refractivity contribution is 6.21. The summed E-state index contributed by atoms with van der Waals surface area (Å²) in [6.07, 6.45) is 16.5. The third kappa shape index (κ3) is 22.8. The first-order chi connectivity index (χ1) is 72.1. The number of phenolic OH excluding ortho intramolecular Hbond substituents is 12. The van der Waals surface area contributed by atoms with E-state index in [2.05, 4.69) is 156 Å². The van der Waals surface area contributed by atoms with Crippen molar-refractivity contribution in [2.24, 2.45) is 0 Å². The molecule has 0 spiro atoms. The lowest BCUT2D eigenvalue weighted by atomic mass is 9.93. The van der Waals surface area contributed by atoms with Gasteiger partial charge in [-0.25, -0.2) is 19.9 Å². The number of rotatable bonds is 32. The zero-order valence-corrected chi connectivity index (χ0v) is 82.1. The fourth-order valence-corrected chi connectivity index (χ4v) is 18.3. The van der Waals surface area contributed by atoms with E-state index in [9.17, 15) is 61.3 Å². The molecule has 0 amide bonds. The molecule has 4 heterocycles. The molecule has 12 N–H and O–H groups in total. The van der Waals surface area contributed by atoms with Crippen molar-refractivity contribution < 1.29 is 80.2 Å².